The van der Waals surface area contributed by atoms with Gasteiger partial charge < -0.3 is 15.1 Å². The van der Waals surface area contributed by atoms with Gasteiger partial charge in [0.05, 0.1) is 24.9 Å². The number of amides is 2. The van der Waals surface area contributed by atoms with Crippen LogP contribution in [0, 0.1) is 5.82 Å². The van der Waals surface area contributed by atoms with Crippen molar-refractivity contribution in [3.63, 3.8) is 0 Å². The summed E-state index contributed by atoms with van der Waals surface area (Å²) in [6.07, 6.45) is 1.50. The van der Waals surface area contributed by atoms with Crippen molar-refractivity contribution in [1.29, 1.82) is 0 Å². The van der Waals surface area contributed by atoms with Crippen LogP contribution < -0.4 is 10.6 Å². The molecule has 0 spiro atoms. The minimum absolute atomic E-state index is 0.133. The highest BCUT2D eigenvalue weighted by atomic mass is 79.9. The third kappa shape index (κ3) is 4.42. The van der Waals surface area contributed by atoms with Crippen LogP contribution in [0.4, 0.5) is 4.39 Å². The third-order valence-electron chi connectivity index (χ3n) is 2.62. The molecule has 2 amide bonds. The molecular weight excluding hydrogens is 343 g/mol. The second-order valence-electron chi connectivity index (χ2n) is 4.16. The molecule has 110 valence electrons. The molecule has 0 saturated heterocycles. The second-order valence-corrected chi connectivity index (χ2v) is 5.02. The van der Waals surface area contributed by atoms with Crippen LogP contribution >= 0.6 is 15.9 Å². The summed E-state index contributed by atoms with van der Waals surface area (Å²) in [5.41, 5.74) is 0.133. The summed E-state index contributed by atoms with van der Waals surface area (Å²) in [7, 11) is 0. The van der Waals surface area contributed by atoms with Crippen LogP contribution in [0.3, 0.4) is 0 Å². The van der Waals surface area contributed by atoms with Crippen molar-refractivity contribution in [3.8, 4) is 0 Å². The lowest BCUT2D eigenvalue weighted by atomic mass is 10.2. The molecule has 0 atom stereocenters. The maximum atomic E-state index is 13.1. The van der Waals surface area contributed by atoms with Crippen LogP contribution in [0.2, 0.25) is 0 Å². The first-order valence-corrected chi connectivity index (χ1v) is 6.88. The minimum atomic E-state index is -0.533. The van der Waals surface area contributed by atoms with Gasteiger partial charge in [-0.15, -0.1) is 0 Å². The number of nitrogens with one attached hydrogen (secondary N) is 2. The summed E-state index contributed by atoms with van der Waals surface area (Å²) < 4.78 is 18.6. The number of hydrogen-bond donors (Lipinski definition) is 2. The zero-order chi connectivity index (χ0) is 15.2. The Kier molecular flexibility index (Phi) is 5.10. The van der Waals surface area contributed by atoms with E-state index >= 15 is 0 Å². The lowest BCUT2D eigenvalue weighted by Gasteiger charge is -2.07. The summed E-state index contributed by atoms with van der Waals surface area (Å²) in [5.74, 6) is -0.810. The van der Waals surface area contributed by atoms with E-state index in [4.69, 9.17) is 4.42 Å². The number of benzene rings is 1. The van der Waals surface area contributed by atoms with E-state index in [2.05, 4.69) is 26.6 Å². The molecule has 1 aromatic carbocycles. The summed E-state index contributed by atoms with van der Waals surface area (Å²) in [6.45, 7) is 0.0356. The summed E-state index contributed by atoms with van der Waals surface area (Å²) in [5, 5.41) is 5.00. The van der Waals surface area contributed by atoms with Gasteiger partial charge in [-0.05, 0) is 46.3 Å². The fourth-order valence-corrected chi connectivity index (χ4v) is 2.02. The Labute approximate surface area is 128 Å². The van der Waals surface area contributed by atoms with Crippen molar-refractivity contribution in [2.24, 2.45) is 0 Å². The summed E-state index contributed by atoms with van der Waals surface area (Å²) in [6, 6.07) is 7.20. The molecule has 0 radical (unpaired) electrons. The molecule has 5 nitrogen and oxygen atoms in total. The van der Waals surface area contributed by atoms with Gasteiger partial charge in [0.2, 0.25) is 5.91 Å². The molecule has 21 heavy (non-hydrogen) atoms. The largest absolute Gasteiger partial charge is 0.467 e. The lowest BCUT2D eigenvalue weighted by Crippen LogP contribution is -2.36. The molecule has 0 bridgehead atoms. The molecule has 1 heterocycles. The van der Waals surface area contributed by atoms with Gasteiger partial charge in [-0.2, -0.15) is 0 Å². The smallest absolute Gasteiger partial charge is 0.252 e. The molecule has 0 aliphatic heterocycles. The van der Waals surface area contributed by atoms with E-state index in [1.165, 1.54) is 18.4 Å². The Morgan fingerprint density at radius 3 is 2.76 bits per heavy atom. The van der Waals surface area contributed by atoms with Gasteiger partial charge >= 0.3 is 0 Å². The minimum Gasteiger partial charge on any atom is -0.467 e. The maximum absolute atomic E-state index is 13.1. The topological polar surface area (TPSA) is 71.3 Å². The highest BCUT2D eigenvalue weighted by molar-refractivity contribution is 9.10. The van der Waals surface area contributed by atoms with Crippen molar-refractivity contribution in [2.75, 3.05) is 6.54 Å². The Morgan fingerprint density at radius 2 is 2.05 bits per heavy atom. The summed E-state index contributed by atoms with van der Waals surface area (Å²) in [4.78, 5) is 23.4. The van der Waals surface area contributed by atoms with Gasteiger partial charge in [0.25, 0.3) is 5.91 Å². The molecule has 2 N–H and O–H groups in total. The van der Waals surface area contributed by atoms with E-state index in [9.17, 15) is 14.0 Å². The Bertz CT molecular complexity index is 644. The zero-order valence-corrected chi connectivity index (χ0v) is 12.4. The Balaban J connectivity index is 1.83. The maximum Gasteiger partial charge on any atom is 0.252 e. The van der Waals surface area contributed by atoms with Crippen LogP contribution in [0.5, 0.6) is 0 Å². The number of halogens is 2. The first kappa shape index (κ1) is 15.2. The number of hydrogen-bond acceptors (Lipinski definition) is 3. The van der Waals surface area contributed by atoms with E-state index in [1.807, 2.05) is 0 Å². The predicted octanol–water partition coefficient (Wildman–Crippen LogP) is 2.23. The van der Waals surface area contributed by atoms with Gasteiger partial charge in [0, 0.05) is 4.47 Å². The monoisotopic (exact) mass is 354 g/mol. The summed E-state index contributed by atoms with van der Waals surface area (Å²) >= 11 is 3.15. The zero-order valence-electron chi connectivity index (χ0n) is 10.9. The van der Waals surface area contributed by atoms with Gasteiger partial charge in [-0.1, -0.05) is 0 Å². The van der Waals surface area contributed by atoms with Crippen molar-refractivity contribution in [2.45, 2.75) is 6.54 Å². The fraction of sp³-hybridized carbons (Fsp3) is 0.143. The lowest BCUT2D eigenvalue weighted by molar-refractivity contribution is -0.120. The molecular formula is C14H12BrFN2O3. The van der Waals surface area contributed by atoms with Gasteiger partial charge in [-0.3, -0.25) is 9.59 Å². The molecule has 1 aromatic heterocycles. The highest BCUT2D eigenvalue weighted by Gasteiger charge is 2.12. The molecule has 0 unspecified atom stereocenters. The average Bonchev–Trinajstić information content (AvgIpc) is 2.98. The number of carbonyl (C=O) groups is 2. The van der Waals surface area contributed by atoms with Crippen LogP contribution in [0.25, 0.3) is 0 Å². The van der Waals surface area contributed by atoms with E-state index in [1.54, 1.807) is 12.1 Å². The van der Waals surface area contributed by atoms with E-state index in [-0.39, 0.29) is 24.6 Å². The van der Waals surface area contributed by atoms with Crippen molar-refractivity contribution in [1.82, 2.24) is 10.6 Å². The SMILES string of the molecule is O=C(CNC(=O)c1cc(F)ccc1Br)NCc1ccco1. The van der Waals surface area contributed by atoms with E-state index in [0.29, 0.717) is 10.2 Å². The highest BCUT2D eigenvalue weighted by Crippen LogP contribution is 2.17. The van der Waals surface area contributed by atoms with E-state index in [0.717, 1.165) is 6.07 Å². The van der Waals surface area contributed by atoms with Gasteiger partial charge in [0.1, 0.15) is 11.6 Å². The van der Waals surface area contributed by atoms with Crippen LogP contribution in [-0.4, -0.2) is 18.4 Å². The molecule has 0 aliphatic rings. The molecule has 2 rings (SSSR count). The fourth-order valence-electron chi connectivity index (χ4n) is 1.59. The molecule has 0 fully saturated rings. The molecule has 0 aliphatic carbocycles. The number of rotatable bonds is 5. The Hall–Kier alpha value is -2.15. The standard InChI is InChI=1S/C14H12BrFN2O3/c15-12-4-3-9(16)6-11(12)14(20)18-8-13(19)17-7-10-2-1-5-21-10/h1-6H,7-8H2,(H,17,19)(H,18,20). The normalized spacial score (nSPS) is 10.2. The van der Waals surface area contributed by atoms with E-state index < -0.39 is 11.7 Å². The van der Waals surface area contributed by atoms with Gasteiger partial charge in [-0.25, -0.2) is 4.39 Å². The Morgan fingerprint density at radius 1 is 1.24 bits per heavy atom. The van der Waals surface area contributed by atoms with Crippen LogP contribution in [0.15, 0.2) is 45.5 Å². The van der Waals surface area contributed by atoms with Gasteiger partial charge in [0.15, 0.2) is 0 Å². The second kappa shape index (κ2) is 7.03. The quantitative estimate of drug-likeness (QED) is 0.864. The predicted molar refractivity (Wildman–Crippen MR) is 77.0 cm³/mol. The average molecular weight is 355 g/mol. The van der Waals surface area contributed by atoms with Crippen molar-refractivity contribution in [3.05, 3.63) is 58.2 Å². The first-order valence-electron chi connectivity index (χ1n) is 6.08. The third-order valence-corrected chi connectivity index (χ3v) is 3.31. The molecule has 7 heteroatoms. The molecule has 0 saturated carbocycles. The van der Waals surface area contributed by atoms with Crippen LogP contribution in [-0.2, 0) is 11.3 Å². The number of furan rings is 1. The van der Waals surface area contributed by atoms with Crippen molar-refractivity contribution >= 4 is 27.7 Å². The first-order chi connectivity index (χ1) is 10.1. The van der Waals surface area contributed by atoms with Crippen LogP contribution in [0.1, 0.15) is 16.1 Å². The molecule has 2 aromatic rings. The van der Waals surface area contributed by atoms with Crippen molar-refractivity contribution < 1.29 is 18.4 Å². The number of carbonyl (C=O) groups excluding carboxylic acids is 2.